The van der Waals surface area contributed by atoms with Gasteiger partial charge in [0.1, 0.15) is 11.5 Å². The molecule has 28 heavy (non-hydrogen) atoms. The van der Waals surface area contributed by atoms with E-state index in [1.54, 1.807) is 56.3 Å². The van der Waals surface area contributed by atoms with Crippen LogP contribution < -0.4 is 14.8 Å². The number of nitrogens with zero attached hydrogens (tertiary/aromatic N) is 2. The average molecular weight is 399 g/mol. The Hall–Kier alpha value is -3.00. The minimum absolute atomic E-state index is 0.00510. The smallest absolute Gasteiger partial charge is 0.322 e. The first-order valence-electron chi connectivity index (χ1n) is 8.64. The van der Waals surface area contributed by atoms with E-state index in [1.807, 2.05) is 12.1 Å². The molecule has 2 aromatic carbocycles. The first-order chi connectivity index (χ1) is 13.5. The molecule has 0 saturated heterocycles. The summed E-state index contributed by atoms with van der Waals surface area (Å²) in [6, 6.07) is 12.6. The molecule has 0 aliphatic heterocycles. The highest BCUT2D eigenvalue weighted by atomic mass is 32.2. The van der Waals surface area contributed by atoms with E-state index in [2.05, 4.69) is 29.4 Å². The van der Waals surface area contributed by atoms with E-state index < -0.39 is 0 Å². The van der Waals surface area contributed by atoms with Gasteiger partial charge in [0.2, 0.25) is 0 Å². The topological polar surface area (TPSA) is 86.5 Å². The summed E-state index contributed by atoms with van der Waals surface area (Å²) in [6.45, 7) is 4.24. The number of anilines is 1. The fourth-order valence-electron chi connectivity index (χ4n) is 2.49. The molecule has 1 amide bonds. The van der Waals surface area contributed by atoms with E-state index in [-0.39, 0.29) is 17.8 Å². The van der Waals surface area contributed by atoms with Crippen molar-refractivity contribution < 1.29 is 18.7 Å². The maximum Gasteiger partial charge on any atom is 0.322 e. The summed E-state index contributed by atoms with van der Waals surface area (Å²) in [5, 5.41) is 11.0. The van der Waals surface area contributed by atoms with Gasteiger partial charge in [0.25, 0.3) is 11.8 Å². The summed E-state index contributed by atoms with van der Waals surface area (Å²) in [4.78, 5) is 13.5. The molecule has 1 heterocycles. The normalized spacial score (nSPS) is 10.8. The van der Waals surface area contributed by atoms with Gasteiger partial charge in [0.05, 0.1) is 19.8 Å². The summed E-state index contributed by atoms with van der Waals surface area (Å²) in [6.07, 6.45) is 0. The van der Waals surface area contributed by atoms with Crippen LogP contribution in [0.2, 0.25) is 0 Å². The highest BCUT2D eigenvalue weighted by Gasteiger charge is 2.17. The van der Waals surface area contributed by atoms with E-state index in [1.165, 1.54) is 0 Å². The molecule has 0 spiro atoms. The highest BCUT2D eigenvalue weighted by Crippen LogP contribution is 2.33. The number of methoxy groups -OCH3 is 2. The van der Waals surface area contributed by atoms with E-state index in [0.717, 1.165) is 4.90 Å². The lowest BCUT2D eigenvalue weighted by Gasteiger charge is -2.07. The number of carbonyl (C=O) groups excluding carboxylic acids is 1. The lowest BCUT2D eigenvalue weighted by atomic mass is 10.2. The first kappa shape index (κ1) is 19.8. The number of rotatable bonds is 7. The Balaban J connectivity index is 1.75. The van der Waals surface area contributed by atoms with Crippen molar-refractivity contribution in [3.63, 3.8) is 0 Å². The summed E-state index contributed by atoms with van der Waals surface area (Å²) in [7, 11) is 3.11. The van der Waals surface area contributed by atoms with Crippen molar-refractivity contribution in [1.29, 1.82) is 0 Å². The van der Waals surface area contributed by atoms with Crippen LogP contribution in [0.1, 0.15) is 24.2 Å². The van der Waals surface area contributed by atoms with Crippen LogP contribution in [0.3, 0.4) is 0 Å². The van der Waals surface area contributed by atoms with Crippen molar-refractivity contribution >= 4 is 23.7 Å². The van der Waals surface area contributed by atoms with Crippen molar-refractivity contribution in [2.75, 3.05) is 19.5 Å². The summed E-state index contributed by atoms with van der Waals surface area (Å²) in [5.41, 5.74) is 1.08. The number of hydrogen-bond donors (Lipinski definition) is 1. The number of nitrogens with one attached hydrogen (secondary N) is 1. The second-order valence-corrected chi connectivity index (χ2v) is 7.77. The molecule has 0 radical (unpaired) electrons. The molecule has 146 valence electrons. The van der Waals surface area contributed by atoms with Gasteiger partial charge in [-0.05, 0) is 42.5 Å². The summed E-state index contributed by atoms with van der Waals surface area (Å²) in [5.74, 6) is 1.07. The van der Waals surface area contributed by atoms with Gasteiger partial charge < -0.3 is 13.9 Å². The molecule has 0 bridgehead atoms. The second kappa shape index (κ2) is 8.79. The molecule has 1 N–H and O–H groups in total. The van der Waals surface area contributed by atoms with Gasteiger partial charge in [-0.1, -0.05) is 18.9 Å². The molecule has 3 rings (SSSR count). The Kier molecular flexibility index (Phi) is 6.20. The van der Waals surface area contributed by atoms with Crippen molar-refractivity contribution in [3.05, 3.63) is 48.0 Å². The third-order valence-corrected chi connectivity index (χ3v) is 4.79. The fraction of sp³-hybridized carbons (Fsp3) is 0.250. The zero-order valence-electron chi connectivity index (χ0n) is 16.1. The van der Waals surface area contributed by atoms with E-state index in [9.17, 15) is 4.79 Å². The molecule has 0 atom stereocenters. The van der Waals surface area contributed by atoms with Crippen LogP contribution in [0.15, 0.2) is 51.8 Å². The minimum atomic E-state index is -0.325. The van der Waals surface area contributed by atoms with E-state index >= 15 is 0 Å². The number of thioether (sulfide) groups is 1. The fourth-order valence-corrected chi connectivity index (χ4v) is 3.33. The first-order valence-corrected chi connectivity index (χ1v) is 9.52. The molecule has 0 aliphatic carbocycles. The predicted octanol–water partition coefficient (Wildman–Crippen LogP) is 4.51. The second-order valence-electron chi connectivity index (χ2n) is 6.12. The number of ether oxygens (including phenoxy) is 2. The molecule has 1 aromatic heterocycles. The Morgan fingerprint density at radius 3 is 2.46 bits per heavy atom. The highest BCUT2D eigenvalue weighted by molar-refractivity contribution is 7.99. The largest absolute Gasteiger partial charge is 0.497 e. The van der Waals surface area contributed by atoms with Crippen LogP contribution in [-0.4, -0.2) is 35.6 Å². The summed E-state index contributed by atoms with van der Waals surface area (Å²) >= 11 is 1.74. The quantitative estimate of drug-likeness (QED) is 0.585. The third kappa shape index (κ3) is 4.64. The van der Waals surface area contributed by atoms with Gasteiger partial charge in [-0.25, -0.2) is 0 Å². The maximum absolute atomic E-state index is 12.4. The van der Waals surface area contributed by atoms with Crippen molar-refractivity contribution in [3.8, 4) is 23.0 Å². The van der Waals surface area contributed by atoms with Crippen LogP contribution in [-0.2, 0) is 0 Å². The Bertz CT molecular complexity index is 954. The van der Waals surface area contributed by atoms with Crippen LogP contribution in [0, 0.1) is 0 Å². The average Bonchev–Trinajstić information content (AvgIpc) is 3.15. The molecule has 7 nitrogen and oxygen atoms in total. The third-order valence-electron chi connectivity index (χ3n) is 3.77. The SMILES string of the molecule is COc1ccc(OC)c(-c2nnc(NC(=O)c3ccc(SC(C)C)cc3)o2)c1. The molecular weight excluding hydrogens is 378 g/mol. The van der Waals surface area contributed by atoms with Gasteiger partial charge in [-0.15, -0.1) is 16.9 Å². The van der Waals surface area contributed by atoms with Crippen molar-refractivity contribution in [1.82, 2.24) is 10.2 Å². The number of benzene rings is 2. The van der Waals surface area contributed by atoms with Gasteiger partial charge in [0, 0.05) is 15.7 Å². The molecular formula is C20H21N3O4S. The number of aromatic nitrogens is 2. The maximum atomic E-state index is 12.4. The van der Waals surface area contributed by atoms with Gasteiger partial charge in [0.15, 0.2) is 0 Å². The number of amides is 1. The Morgan fingerprint density at radius 2 is 1.82 bits per heavy atom. The van der Waals surface area contributed by atoms with Crippen LogP contribution >= 0.6 is 11.8 Å². The standard InChI is InChI=1S/C20H21N3O4S/c1-12(2)28-15-8-5-13(6-9-15)18(24)21-20-23-22-19(27-20)16-11-14(25-3)7-10-17(16)26-4/h5-12H,1-4H3,(H,21,23,24). The summed E-state index contributed by atoms with van der Waals surface area (Å²) < 4.78 is 16.1. The van der Waals surface area contributed by atoms with E-state index in [4.69, 9.17) is 13.9 Å². The monoisotopic (exact) mass is 399 g/mol. The lowest BCUT2D eigenvalue weighted by molar-refractivity contribution is 0.102. The molecule has 0 saturated carbocycles. The lowest BCUT2D eigenvalue weighted by Crippen LogP contribution is -2.11. The van der Waals surface area contributed by atoms with Crippen LogP contribution in [0.25, 0.3) is 11.5 Å². The van der Waals surface area contributed by atoms with Crippen molar-refractivity contribution in [2.45, 2.75) is 24.0 Å². The molecule has 0 unspecified atom stereocenters. The molecule has 0 aliphatic rings. The zero-order valence-corrected chi connectivity index (χ0v) is 16.9. The zero-order chi connectivity index (χ0) is 20.1. The number of hydrogen-bond acceptors (Lipinski definition) is 7. The van der Waals surface area contributed by atoms with Crippen molar-refractivity contribution in [2.24, 2.45) is 0 Å². The van der Waals surface area contributed by atoms with Gasteiger partial charge in [-0.3, -0.25) is 10.1 Å². The molecule has 8 heteroatoms. The molecule has 3 aromatic rings. The minimum Gasteiger partial charge on any atom is -0.497 e. The van der Waals surface area contributed by atoms with E-state index in [0.29, 0.717) is 27.9 Å². The predicted molar refractivity (Wildman–Crippen MR) is 108 cm³/mol. The Labute approximate surface area is 167 Å². The molecule has 0 fully saturated rings. The van der Waals surface area contributed by atoms with Gasteiger partial charge >= 0.3 is 6.01 Å². The van der Waals surface area contributed by atoms with Crippen LogP contribution in [0.4, 0.5) is 6.01 Å². The Morgan fingerprint density at radius 1 is 1.07 bits per heavy atom. The van der Waals surface area contributed by atoms with Gasteiger partial charge in [-0.2, -0.15) is 0 Å². The van der Waals surface area contributed by atoms with Crippen LogP contribution in [0.5, 0.6) is 11.5 Å². The number of carbonyl (C=O) groups is 1.